The Morgan fingerprint density at radius 3 is 2.67 bits per heavy atom. The highest BCUT2D eigenvalue weighted by Gasteiger charge is 2.21. The van der Waals surface area contributed by atoms with Crippen molar-refractivity contribution in [3.63, 3.8) is 0 Å². The molecule has 198 valence electrons. The summed E-state index contributed by atoms with van der Waals surface area (Å²) in [5.41, 5.74) is 7.41. The van der Waals surface area contributed by atoms with Gasteiger partial charge in [-0.05, 0) is 72.0 Å². The predicted octanol–water partition coefficient (Wildman–Crippen LogP) is 7.49. The van der Waals surface area contributed by atoms with Crippen molar-refractivity contribution >= 4 is 33.5 Å². The fourth-order valence-electron chi connectivity index (χ4n) is 5.74. The Balaban J connectivity index is 1.23. The average molecular weight is 531 g/mol. The number of H-pyrrole nitrogens is 2. The number of aromatic amines is 2. The van der Waals surface area contributed by atoms with Gasteiger partial charge in [-0.25, -0.2) is 9.37 Å². The van der Waals surface area contributed by atoms with Crippen molar-refractivity contribution in [1.82, 2.24) is 25.1 Å². The second-order valence-corrected chi connectivity index (χ2v) is 10.4. The summed E-state index contributed by atoms with van der Waals surface area (Å²) in [5.74, 6) is -0.123. The van der Waals surface area contributed by atoms with Crippen LogP contribution < -0.4 is 5.32 Å². The van der Waals surface area contributed by atoms with Crippen molar-refractivity contribution in [2.24, 2.45) is 5.92 Å². The summed E-state index contributed by atoms with van der Waals surface area (Å²) in [7, 11) is 0. The molecule has 0 unspecified atom stereocenters. The van der Waals surface area contributed by atoms with Crippen LogP contribution in [0.3, 0.4) is 0 Å². The first kappa shape index (κ1) is 24.2. The highest BCUT2D eigenvalue weighted by atomic mass is 19.1. The predicted molar refractivity (Wildman–Crippen MR) is 155 cm³/mol. The molecule has 40 heavy (non-hydrogen) atoms. The van der Waals surface area contributed by atoms with Crippen LogP contribution >= 0.6 is 0 Å². The minimum atomic E-state index is -0.281. The van der Waals surface area contributed by atoms with Gasteiger partial charge in [-0.15, -0.1) is 0 Å². The number of fused-ring (bicyclic) bond motifs is 2. The lowest BCUT2D eigenvalue weighted by molar-refractivity contribution is -0.120. The Bertz CT molecular complexity index is 1870. The van der Waals surface area contributed by atoms with E-state index in [0.29, 0.717) is 11.3 Å². The molecule has 6 aromatic rings. The van der Waals surface area contributed by atoms with E-state index in [0.717, 1.165) is 75.6 Å². The van der Waals surface area contributed by atoms with Gasteiger partial charge in [0.2, 0.25) is 5.91 Å². The van der Waals surface area contributed by atoms with Crippen molar-refractivity contribution in [3.8, 4) is 33.6 Å². The Hall–Kier alpha value is -4.85. The second-order valence-electron chi connectivity index (χ2n) is 10.4. The maximum atomic E-state index is 13.9. The van der Waals surface area contributed by atoms with Crippen LogP contribution in [-0.4, -0.2) is 31.1 Å². The molecule has 1 fully saturated rings. The average Bonchev–Trinajstić information content (AvgIpc) is 3.61. The first-order valence-electron chi connectivity index (χ1n) is 13.6. The van der Waals surface area contributed by atoms with Gasteiger partial charge >= 0.3 is 0 Å². The van der Waals surface area contributed by atoms with Crippen LogP contribution in [0.15, 0.2) is 79.3 Å². The number of hydrogen-bond acceptors (Lipinski definition) is 4. The number of anilines is 1. The number of nitrogens with zero attached hydrogens (tertiary/aromatic N) is 3. The monoisotopic (exact) mass is 530 g/mol. The highest BCUT2D eigenvalue weighted by molar-refractivity contribution is 6.01. The third-order valence-corrected chi connectivity index (χ3v) is 7.80. The molecule has 4 aromatic heterocycles. The van der Waals surface area contributed by atoms with Gasteiger partial charge in [-0.2, -0.15) is 5.10 Å². The van der Waals surface area contributed by atoms with Crippen molar-refractivity contribution in [2.45, 2.75) is 32.1 Å². The summed E-state index contributed by atoms with van der Waals surface area (Å²) in [6.07, 6.45) is 10.6. The summed E-state index contributed by atoms with van der Waals surface area (Å²) in [6.45, 7) is 0. The topological polar surface area (TPSA) is 99.3 Å². The summed E-state index contributed by atoms with van der Waals surface area (Å²) < 4.78 is 13.9. The molecular weight excluding hydrogens is 503 g/mol. The zero-order chi connectivity index (χ0) is 27.1. The Labute approximate surface area is 229 Å². The lowest BCUT2D eigenvalue weighted by Crippen LogP contribution is -2.24. The first-order valence-corrected chi connectivity index (χ1v) is 13.6. The maximum Gasteiger partial charge on any atom is 0.227 e. The molecule has 0 radical (unpaired) electrons. The van der Waals surface area contributed by atoms with E-state index in [1.807, 2.05) is 36.4 Å². The number of carbonyl (C=O) groups excluding carboxylic acids is 1. The van der Waals surface area contributed by atoms with E-state index < -0.39 is 0 Å². The van der Waals surface area contributed by atoms with Crippen molar-refractivity contribution < 1.29 is 9.18 Å². The molecule has 3 N–H and O–H groups in total. The molecule has 0 aliphatic heterocycles. The number of hydrogen-bond donors (Lipinski definition) is 3. The third-order valence-electron chi connectivity index (χ3n) is 7.80. The molecule has 2 aromatic carbocycles. The number of nitrogens with one attached hydrogen (secondary N) is 3. The number of halogens is 1. The molecule has 8 heteroatoms. The molecule has 1 aliphatic rings. The van der Waals surface area contributed by atoms with E-state index in [1.54, 1.807) is 24.7 Å². The highest BCUT2D eigenvalue weighted by Crippen LogP contribution is 2.35. The van der Waals surface area contributed by atoms with E-state index >= 15 is 0 Å². The zero-order valence-electron chi connectivity index (χ0n) is 21.7. The van der Waals surface area contributed by atoms with E-state index in [4.69, 9.17) is 0 Å². The van der Waals surface area contributed by atoms with E-state index in [1.165, 1.54) is 18.6 Å². The molecule has 4 heterocycles. The van der Waals surface area contributed by atoms with Gasteiger partial charge in [0.25, 0.3) is 0 Å². The normalized spacial score (nSPS) is 14.1. The lowest BCUT2D eigenvalue weighted by Gasteiger charge is -2.20. The van der Waals surface area contributed by atoms with Crippen LogP contribution in [0.2, 0.25) is 0 Å². The number of rotatable bonds is 5. The second kappa shape index (κ2) is 10.0. The van der Waals surface area contributed by atoms with Crippen LogP contribution in [0.4, 0.5) is 10.1 Å². The van der Waals surface area contributed by atoms with Crippen LogP contribution in [0.1, 0.15) is 32.1 Å². The van der Waals surface area contributed by atoms with E-state index in [2.05, 4.69) is 36.5 Å². The molecule has 0 bridgehead atoms. The lowest BCUT2D eigenvalue weighted by atomic mass is 9.88. The Morgan fingerprint density at radius 2 is 1.80 bits per heavy atom. The maximum absolute atomic E-state index is 13.9. The molecular formula is C32H27FN6O. The standard InChI is InChI=1S/C32H27FN6O/c33-23-8-4-7-21(13-23)25-11-12-35-31-26(25)16-29(37-31)30-27-15-20(9-10-28(27)38-39-30)22-14-24(18-34-17-22)36-32(40)19-5-2-1-3-6-19/h4,7-19H,1-3,5-6H2,(H,35,37)(H,36,40)(H,38,39). The molecule has 7 rings (SSSR count). The number of carbonyl (C=O) groups is 1. The summed E-state index contributed by atoms with van der Waals surface area (Å²) >= 11 is 0. The molecule has 1 aliphatic carbocycles. The number of pyridine rings is 2. The molecule has 1 amide bonds. The van der Waals surface area contributed by atoms with Gasteiger partial charge in [0, 0.05) is 34.6 Å². The van der Waals surface area contributed by atoms with Crippen molar-refractivity contribution in [2.75, 3.05) is 5.32 Å². The first-order chi connectivity index (χ1) is 19.6. The molecule has 0 spiro atoms. The van der Waals surface area contributed by atoms with Gasteiger partial charge in [0.05, 0.1) is 23.1 Å². The summed E-state index contributed by atoms with van der Waals surface area (Å²) in [5, 5.41) is 12.6. The smallest absolute Gasteiger partial charge is 0.227 e. The quantitative estimate of drug-likeness (QED) is 0.215. The fraction of sp³-hybridized carbons (Fsp3) is 0.188. The van der Waals surface area contributed by atoms with Gasteiger partial charge in [-0.3, -0.25) is 14.9 Å². The number of benzene rings is 2. The van der Waals surface area contributed by atoms with Gasteiger partial charge in [-0.1, -0.05) is 37.5 Å². The van der Waals surface area contributed by atoms with Crippen LogP contribution in [0, 0.1) is 11.7 Å². The Morgan fingerprint density at radius 1 is 0.900 bits per heavy atom. The number of amides is 1. The van der Waals surface area contributed by atoms with Crippen molar-refractivity contribution in [3.05, 3.63) is 85.1 Å². The van der Waals surface area contributed by atoms with E-state index in [9.17, 15) is 9.18 Å². The third kappa shape index (κ3) is 4.51. The van der Waals surface area contributed by atoms with Gasteiger partial charge in [0.15, 0.2) is 0 Å². The van der Waals surface area contributed by atoms with Crippen molar-refractivity contribution in [1.29, 1.82) is 0 Å². The molecule has 1 saturated carbocycles. The Kier molecular flexibility index (Phi) is 6.07. The van der Waals surface area contributed by atoms with Gasteiger partial charge in [0.1, 0.15) is 17.2 Å². The molecule has 7 nitrogen and oxygen atoms in total. The van der Waals surface area contributed by atoms with Gasteiger partial charge < -0.3 is 10.3 Å². The number of aromatic nitrogens is 5. The summed E-state index contributed by atoms with van der Waals surface area (Å²) in [4.78, 5) is 25.1. The van der Waals surface area contributed by atoms with E-state index in [-0.39, 0.29) is 17.6 Å². The minimum absolute atomic E-state index is 0.0782. The fourth-order valence-corrected chi connectivity index (χ4v) is 5.74. The minimum Gasteiger partial charge on any atom is -0.338 e. The van der Waals surface area contributed by atoms with Crippen LogP contribution in [-0.2, 0) is 4.79 Å². The molecule has 0 atom stereocenters. The zero-order valence-corrected chi connectivity index (χ0v) is 21.7. The summed E-state index contributed by atoms with van der Waals surface area (Å²) in [6, 6.07) is 18.5. The molecule has 0 saturated heterocycles. The van der Waals surface area contributed by atoms with Crippen LogP contribution in [0.5, 0.6) is 0 Å². The SMILES string of the molecule is O=C(Nc1cncc(-c2ccc3[nH]nc(-c4cc5c(-c6cccc(F)c6)ccnc5[nH]4)c3c2)c1)C1CCCCC1. The largest absolute Gasteiger partial charge is 0.338 e. The van der Waals surface area contributed by atoms with Crippen LogP contribution in [0.25, 0.3) is 55.6 Å².